The number of benzene rings is 2. The lowest BCUT2D eigenvalue weighted by atomic mass is 9.98. The van der Waals surface area contributed by atoms with Crippen LogP contribution in [0.5, 0.6) is 0 Å². The van der Waals surface area contributed by atoms with Gasteiger partial charge in [0, 0.05) is 62.2 Å². The first-order chi connectivity index (χ1) is 28.2. The number of allylic oxidation sites excluding steroid dienone is 1. The Morgan fingerprint density at radius 1 is 0.983 bits per heavy atom. The number of nitrogens with zero attached hydrogens (tertiary/aromatic N) is 2. The molecule has 0 spiro atoms. The molecule has 4 aromatic rings. The number of hydrogen-bond donors (Lipinski definition) is 9. The Morgan fingerprint density at radius 2 is 1.71 bits per heavy atom. The van der Waals surface area contributed by atoms with Crippen LogP contribution in [-0.2, 0) is 36.8 Å². The highest BCUT2D eigenvalue weighted by Crippen LogP contribution is 2.31. The van der Waals surface area contributed by atoms with Gasteiger partial charge in [-0.15, -0.1) is 0 Å². The molecule has 1 aliphatic carbocycles. The van der Waals surface area contributed by atoms with Crippen LogP contribution in [0.2, 0.25) is 0 Å². The molecule has 3 heterocycles. The lowest BCUT2D eigenvalue weighted by Gasteiger charge is -2.33. The zero-order valence-electron chi connectivity index (χ0n) is 32.3. The van der Waals surface area contributed by atoms with E-state index in [0.29, 0.717) is 12.0 Å². The van der Waals surface area contributed by atoms with Crippen molar-refractivity contribution >= 4 is 46.2 Å². The van der Waals surface area contributed by atoms with Crippen LogP contribution in [-0.4, -0.2) is 116 Å². The molecule has 1 saturated heterocycles. The monoisotopic (exact) mass is 813 g/mol. The van der Waals surface area contributed by atoms with Crippen molar-refractivity contribution in [2.24, 2.45) is 5.73 Å². The second-order valence-electron chi connectivity index (χ2n) is 14.6. The predicted octanol–water partition coefficient (Wildman–Crippen LogP) is -0.534. The molecular formula is C40H47N9O10. The molecule has 312 valence electrons. The van der Waals surface area contributed by atoms with Crippen molar-refractivity contribution in [3.05, 3.63) is 111 Å². The first-order valence-corrected chi connectivity index (χ1v) is 19.0. The normalized spacial score (nSPS) is 19.1. The second-order valence-corrected chi connectivity index (χ2v) is 14.6. The molecule has 2 aliphatic rings. The quantitative estimate of drug-likeness (QED) is 0.0693. The van der Waals surface area contributed by atoms with Gasteiger partial charge in [-0.2, -0.15) is 0 Å². The van der Waals surface area contributed by atoms with Crippen molar-refractivity contribution in [1.82, 2.24) is 40.7 Å². The number of aliphatic carboxylic acids is 1. The molecule has 1 aliphatic heterocycles. The third-order valence-corrected chi connectivity index (χ3v) is 10.7. The van der Waals surface area contributed by atoms with E-state index in [0.717, 1.165) is 38.2 Å². The van der Waals surface area contributed by atoms with Crippen LogP contribution in [0.3, 0.4) is 0 Å². The van der Waals surface area contributed by atoms with Crippen LogP contribution in [0, 0.1) is 0 Å². The molecule has 6 rings (SSSR count). The van der Waals surface area contributed by atoms with Crippen molar-refractivity contribution in [2.45, 2.75) is 75.2 Å². The molecule has 0 saturated carbocycles. The van der Waals surface area contributed by atoms with Gasteiger partial charge in [-0.1, -0.05) is 48.5 Å². The van der Waals surface area contributed by atoms with Crippen LogP contribution < -0.4 is 38.2 Å². The number of carboxylic acids is 1. The highest BCUT2D eigenvalue weighted by Gasteiger charge is 2.38. The number of aliphatic hydroxyl groups is 1. The molecule has 2 aromatic heterocycles. The van der Waals surface area contributed by atoms with Crippen molar-refractivity contribution in [3.8, 4) is 0 Å². The van der Waals surface area contributed by atoms with Gasteiger partial charge in [-0.05, 0) is 41.7 Å². The smallest absolute Gasteiger partial charge is 0.330 e. The number of aliphatic hydroxyl groups excluding tert-OH is 1. The minimum Gasteiger partial charge on any atom is -0.480 e. The molecule has 7 atom stereocenters. The summed E-state index contributed by atoms with van der Waals surface area (Å²) in [5.41, 5.74) is 8.27. The van der Waals surface area contributed by atoms with Crippen molar-refractivity contribution in [3.63, 3.8) is 0 Å². The minimum atomic E-state index is -1.42. The van der Waals surface area contributed by atoms with Crippen LogP contribution in [0.15, 0.2) is 82.7 Å². The Labute approximate surface area is 337 Å². The number of hydrogen-bond acceptors (Lipinski definition) is 10. The fraction of sp³-hybridized carbons (Fsp3) is 0.375. The second kappa shape index (κ2) is 18.3. The zero-order chi connectivity index (χ0) is 42.4. The van der Waals surface area contributed by atoms with Crippen LogP contribution in [0.4, 0.5) is 4.79 Å². The number of carbonyl (C=O) groups excluding carboxylic acids is 4. The van der Waals surface area contributed by atoms with E-state index < -0.39 is 83.6 Å². The highest BCUT2D eigenvalue weighted by atomic mass is 16.5. The first-order valence-electron chi connectivity index (χ1n) is 19.0. The topological polar surface area (TPSA) is 283 Å². The molecule has 59 heavy (non-hydrogen) atoms. The van der Waals surface area contributed by atoms with Crippen molar-refractivity contribution < 1.29 is 38.9 Å². The number of urea groups is 1. The Hall–Kier alpha value is -6.57. The summed E-state index contributed by atoms with van der Waals surface area (Å²) in [4.78, 5) is 97.2. The number of carboxylic acid groups (broad SMARTS) is 1. The summed E-state index contributed by atoms with van der Waals surface area (Å²) in [6, 6.07) is 9.92. The average molecular weight is 814 g/mol. The van der Waals surface area contributed by atoms with Crippen LogP contribution >= 0.6 is 0 Å². The molecule has 2 aromatic carbocycles. The lowest BCUT2D eigenvalue weighted by Crippen LogP contribution is -2.62. The highest BCUT2D eigenvalue weighted by molar-refractivity contribution is 5.95. The maximum Gasteiger partial charge on any atom is 0.330 e. The minimum absolute atomic E-state index is 0.00396. The third-order valence-electron chi connectivity index (χ3n) is 10.7. The molecule has 1 unspecified atom stereocenters. The summed E-state index contributed by atoms with van der Waals surface area (Å²) >= 11 is 0. The fourth-order valence-electron chi connectivity index (χ4n) is 7.37. The third kappa shape index (κ3) is 9.77. The number of ether oxygens (including phenoxy) is 1. The summed E-state index contributed by atoms with van der Waals surface area (Å²) in [6.45, 7) is 0.960. The molecular weight excluding hydrogens is 766 g/mol. The molecule has 19 nitrogen and oxygen atoms in total. The summed E-state index contributed by atoms with van der Waals surface area (Å²) in [7, 11) is 1.42. The average Bonchev–Trinajstić information content (AvgIpc) is 3.94. The lowest BCUT2D eigenvalue weighted by molar-refractivity contribution is -0.139. The van der Waals surface area contributed by atoms with E-state index in [-0.39, 0.29) is 32.4 Å². The van der Waals surface area contributed by atoms with Crippen molar-refractivity contribution in [1.29, 1.82) is 0 Å². The summed E-state index contributed by atoms with van der Waals surface area (Å²) in [5, 5.41) is 32.1. The maximum absolute atomic E-state index is 14.3. The summed E-state index contributed by atoms with van der Waals surface area (Å²) < 4.78 is 6.87. The van der Waals surface area contributed by atoms with Crippen LogP contribution in [0.1, 0.15) is 42.7 Å². The Bertz CT molecular complexity index is 2370. The van der Waals surface area contributed by atoms with Crippen molar-refractivity contribution in [2.75, 3.05) is 20.1 Å². The van der Waals surface area contributed by atoms with E-state index in [1.807, 2.05) is 54.6 Å². The summed E-state index contributed by atoms with van der Waals surface area (Å²) in [5.74, 6) is -3.38. The standard InChI is InChI=1S/C40H47N9O10/c1-21(48(2)33(52)18-41)34(36(54)43-20-25-17-31(50)37(59-25)49-14-13-32(51)46-40(49)58)47-35(53)29(15-23-12-11-22-7-3-4-8-26(22)23)44-39(57)45-30(38(55)56)16-24-19-42-28-10-6-5-9-27(24)28/h3-10,12-14,19,21,25,29-31,34,37,42,50H,11,15-18,20,41H2,1-2H3,(H,43,54)(H,47,53)(H,55,56)(H2,44,45,57)(H,46,51,58)/t21-,25+,29?,30-,31+,34-,37+/m0/s1. The van der Waals surface area contributed by atoms with Gasteiger partial charge in [-0.25, -0.2) is 14.4 Å². The van der Waals surface area contributed by atoms with Gasteiger partial charge < -0.3 is 51.8 Å². The number of fused-ring (bicyclic) bond motifs is 2. The first kappa shape index (κ1) is 42.0. The Kier molecular flexibility index (Phi) is 13.1. The van der Waals surface area contributed by atoms with E-state index in [2.05, 4.69) is 31.2 Å². The van der Waals surface area contributed by atoms with Gasteiger partial charge in [0.1, 0.15) is 24.2 Å². The molecule has 5 amide bonds. The van der Waals surface area contributed by atoms with Gasteiger partial charge in [0.05, 0.1) is 18.7 Å². The van der Waals surface area contributed by atoms with Gasteiger partial charge >= 0.3 is 17.7 Å². The number of rotatable bonds is 16. The predicted molar refractivity (Wildman–Crippen MR) is 214 cm³/mol. The SMILES string of the molecule is C[C@@H]([C@H](NC(=O)C(CC1=CCc2ccccc21)NC(=O)N[C@@H](Cc1c[nH]c2ccccc12)C(=O)O)C(=O)NC[C@H]1C[C@@H](O)[C@H](n2ccc(=O)[nH]c2=O)O1)N(C)C(=O)CN. The Morgan fingerprint density at radius 3 is 2.46 bits per heavy atom. The number of para-hydroxylation sites is 1. The number of nitrogens with one attached hydrogen (secondary N) is 6. The number of aromatic amines is 2. The molecule has 1 fully saturated rings. The fourth-order valence-corrected chi connectivity index (χ4v) is 7.37. The molecule has 0 radical (unpaired) electrons. The Balaban J connectivity index is 1.20. The number of nitrogens with two attached hydrogens (primary N) is 1. The molecule has 10 N–H and O–H groups in total. The van der Waals surface area contributed by atoms with E-state index in [1.165, 1.54) is 25.1 Å². The number of likely N-dealkylation sites (N-methyl/N-ethyl adjacent to an activating group) is 1. The van der Waals surface area contributed by atoms with E-state index >= 15 is 0 Å². The number of H-pyrrole nitrogens is 2. The summed E-state index contributed by atoms with van der Waals surface area (Å²) in [6.07, 6.45) is 2.16. The number of amides is 5. The van der Waals surface area contributed by atoms with Gasteiger partial charge in [0.15, 0.2) is 6.23 Å². The van der Waals surface area contributed by atoms with Gasteiger partial charge in [0.2, 0.25) is 17.7 Å². The molecule has 0 bridgehead atoms. The van der Waals surface area contributed by atoms with E-state index in [4.69, 9.17) is 10.5 Å². The van der Waals surface area contributed by atoms with Gasteiger partial charge in [-0.3, -0.25) is 28.7 Å². The van der Waals surface area contributed by atoms with E-state index in [1.54, 1.807) is 6.20 Å². The maximum atomic E-state index is 14.3. The zero-order valence-corrected chi connectivity index (χ0v) is 32.3. The van der Waals surface area contributed by atoms with Gasteiger partial charge in [0.25, 0.3) is 5.56 Å². The van der Waals surface area contributed by atoms with Crippen LogP contribution in [0.25, 0.3) is 16.5 Å². The molecule has 19 heteroatoms. The largest absolute Gasteiger partial charge is 0.480 e. The number of aromatic nitrogens is 3. The van der Waals surface area contributed by atoms with E-state index in [9.17, 15) is 43.8 Å². The number of carbonyl (C=O) groups is 5.